The maximum atomic E-state index is 11.4. The van der Waals surface area contributed by atoms with Crippen LogP contribution in [0.25, 0.3) is 0 Å². The summed E-state index contributed by atoms with van der Waals surface area (Å²) in [5, 5.41) is 5.90. The minimum Gasteiger partial charge on any atom is -0.352 e. The summed E-state index contributed by atoms with van der Waals surface area (Å²) in [7, 11) is 0. The molecule has 0 aliphatic heterocycles. The molecule has 0 fully saturated rings. The van der Waals surface area contributed by atoms with Crippen LogP contribution in [0.15, 0.2) is 17.5 Å². The molecule has 0 unspecified atom stereocenters. The standard InChI is InChI=1S/C11H16N2OS2/c1-8(2)4-12-11(14)7-15-5-10-6-16-9(3)13-10/h6H,1,4-5,7H2,2-3H3,(H,12,14). The molecular weight excluding hydrogens is 240 g/mol. The number of hydrogen-bond donors (Lipinski definition) is 1. The maximum Gasteiger partial charge on any atom is 0.230 e. The van der Waals surface area contributed by atoms with Crippen LogP contribution in [0.5, 0.6) is 0 Å². The highest BCUT2D eigenvalue weighted by atomic mass is 32.2. The predicted octanol–water partition coefficient (Wildman–Crippen LogP) is 2.38. The fourth-order valence-corrected chi connectivity index (χ4v) is 2.49. The third-order valence-electron chi connectivity index (χ3n) is 1.74. The minimum absolute atomic E-state index is 0.0555. The van der Waals surface area contributed by atoms with E-state index in [0.717, 1.165) is 22.0 Å². The molecule has 88 valence electrons. The van der Waals surface area contributed by atoms with Gasteiger partial charge in [-0.05, 0) is 13.8 Å². The lowest BCUT2D eigenvalue weighted by Crippen LogP contribution is -2.26. The summed E-state index contributed by atoms with van der Waals surface area (Å²) in [6.45, 7) is 8.17. The van der Waals surface area contributed by atoms with Crippen LogP contribution in [-0.2, 0) is 10.5 Å². The Morgan fingerprint density at radius 2 is 2.44 bits per heavy atom. The summed E-state index contributed by atoms with van der Waals surface area (Å²) in [4.78, 5) is 15.7. The Balaban J connectivity index is 2.15. The van der Waals surface area contributed by atoms with Gasteiger partial charge in [0, 0.05) is 17.7 Å². The number of aromatic nitrogens is 1. The number of carbonyl (C=O) groups excluding carboxylic acids is 1. The lowest BCUT2D eigenvalue weighted by atomic mass is 10.3. The van der Waals surface area contributed by atoms with Gasteiger partial charge in [-0.1, -0.05) is 12.2 Å². The van der Waals surface area contributed by atoms with E-state index in [1.807, 2.05) is 19.2 Å². The number of rotatable bonds is 6. The van der Waals surface area contributed by atoms with Crippen molar-refractivity contribution >= 4 is 29.0 Å². The molecule has 0 saturated carbocycles. The molecule has 1 rings (SSSR count). The average Bonchev–Trinajstić information content (AvgIpc) is 2.61. The van der Waals surface area contributed by atoms with Crippen molar-refractivity contribution < 1.29 is 4.79 Å². The predicted molar refractivity (Wildman–Crippen MR) is 70.8 cm³/mol. The van der Waals surface area contributed by atoms with Crippen LogP contribution in [0.2, 0.25) is 0 Å². The Kier molecular flexibility index (Phi) is 5.55. The lowest BCUT2D eigenvalue weighted by molar-refractivity contribution is -0.118. The monoisotopic (exact) mass is 256 g/mol. The van der Waals surface area contributed by atoms with Crippen molar-refractivity contribution in [2.75, 3.05) is 12.3 Å². The van der Waals surface area contributed by atoms with Gasteiger partial charge in [0.05, 0.1) is 16.5 Å². The molecule has 1 aromatic rings. The van der Waals surface area contributed by atoms with E-state index in [1.54, 1.807) is 23.1 Å². The van der Waals surface area contributed by atoms with E-state index in [4.69, 9.17) is 0 Å². The van der Waals surface area contributed by atoms with Gasteiger partial charge in [-0.3, -0.25) is 4.79 Å². The molecule has 1 heterocycles. The van der Waals surface area contributed by atoms with Crippen molar-refractivity contribution in [3.05, 3.63) is 28.2 Å². The third kappa shape index (κ3) is 5.32. The smallest absolute Gasteiger partial charge is 0.230 e. The van der Waals surface area contributed by atoms with Gasteiger partial charge in [-0.25, -0.2) is 4.98 Å². The first-order valence-corrected chi connectivity index (χ1v) is 7.01. The van der Waals surface area contributed by atoms with Gasteiger partial charge in [0.2, 0.25) is 5.91 Å². The molecule has 0 saturated heterocycles. The molecule has 0 bridgehead atoms. The van der Waals surface area contributed by atoms with Crippen molar-refractivity contribution in [1.82, 2.24) is 10.3 Å². The van der Waals surface area contributed by atoms with Gasteiger partial charge < -0.3 is 5.32 Å². The van der Waals surface area contributed by atoms with Crippen LogP contribution < -0.4 is 5.32 Å². The van der Waals surface area contributed by atoms with E-state index in [-0.39, 0.29) is 5.91 Å². The molecule has 0 aliphatic carbocycles. The number of nitrogens with one attached hydrogen (secondary N) is 1. The minimum atomic E-state index is 0.0555. The summed E-state index contributed by atoms with van der Waals surface area (Å²) in [5.41, 5.74) is 2.02. The first kappa shape index (κ1) is 13.3. The van der Waals surface area contributed by atoms with Crippen molar-refractivity contribution in [2.45, 2.75) is 19.6 Å². The second-order valence-corrected chi connectivity index (χ2v) is 5.63. The highest BCUT2D eigenvalue weighted by molar-refractivity contribution is 7.99. The van der Waals surface area contributed by atoms with E-state index in [1.165, 1.54) is 0 Å². The van der Waals surface area contributed by atoms with Crippen LogP contribution in [0.4, 0.5) is 0 Å². The first-order chi connectivity index (χ1) is 7.58. The zero-order valence-electron chi connectivity index (χ0n) is 9.58. The van der Waals surface area contributed by atoms with E-state index < -0.39 is 0 Å². The normalized spacial score (nSPS) is 10.1. The molecular formula is C11H16N2OS2. The second kappa shape index (κ2) is 6.70. The quantitative estimate of drug-likeness (QED) is 0.795. The topological polar surface area (TPSA) is 42.0 Å². The molecule has 0 radical (unpaired) electrons. The molecule has 5 heteroatoms. The van der Waals surface area contributed by atoms with E-state index >= 15 is 0 Å². The second-order valence-electron chi connectivity index (χ2n) is 3.58. The molecule has 1 amide bonds. The lowest BCUT2D eigenvalue weighted by Gasteiger charge is -2.03. The number of amides is 1. The Labute approximate surface area is 104 Å². The summed E-state index contributed by atoms with van der Waals surface area (Å²) < 4.78 is 0. The van der Waals surface area contributed by atoms with Crippen LogP contribution in [0, 0.1) is 6.92 Å². The number of nitrogens with zero attached hydrogens (tertiary/aromatic N) is 1. The van der Waals surface area contributed by atoms with Gasteiger partial charge in [-0.2, -0.15) is 0 Å². The van der Waals surface area contributed by atoms with E-state index in [9.17, 15) is 4.79 Å². The maximum absolute atomic E-state index is 11.4. The van der Waals surface area contributed by atoms with Gasteiger partial charge in [-0.15, -0.1) is 23.1 Å². The van der Waals surface area contributed by atoms with Crippen LogP contribution >= 0.6 is 23.1 Å². The number of thiazole rings is 1. The highest BCUT2D eigenvalue weighted by Gasteiger charge is 2.03. The van der Waals surface area contributed by atoms with Gasteiger partial charge in [0.15, 0.2) is 0 Å². The zero-order valence-corrected chi connectivity index (χ0v) is 11.2. The molecule has 0 spiro atoms. The fraction of sp³-hybridized carbons (Fsp3) is 0.455. The van der Waals surface area contributed by atoms with E-state index in [2.05, 4.69) is 16.9 Å². The van der Waals surface area contributed by atoms with Crippen LogP contribution in [-0.4, -0.2) is 23.2 Å². The van der Waals surface area contributed by atoms with Crippen molar-refractivity contribution in [3.8, 4) is 0 Å². The molecule has 0 atom stereocenters. The molecule has 0 aromatic carbocycles. The number of aryl methyl sites for hydroxylation is 1. The van der Waals surface area contributed by atoms with Crippen molar-refractivity contribution in [2.24, 2.45) is 0 Å². The fourth-order valence-electron chi connectivity index (χ4n) is 1.02. The van der Waals surface area contributed by atoms with Gasteiger partial charge in [0.1, 0.15) is 0 Å². The van der Waals surface area contributed by atoms with Crippen LogP contribution in [0.1, 0.15) is 17.6 Å². The Morgan fingerprint density at radius 3 is 3.00 bits per heavy atom. The summed E-state index contributed by atoms with van der Waals surface area (Å²) >= 11 is 3.22. The summed E-state index contributed by atoms with van der Waals surface area (Å²) in [6.07, 6.45) is 0. The SMILES string of the molecule is C=C(C)CNC(=O)CSCc1csc(C)n1. The van der Waals surface area contributed by atoms with Gasteiger partial charge in [0.25, 0.3) is 0 Å². The Morgan fingerprint density at radius 1 is 1.69 bits per heavy atom. The largest absolute Gasteiger partial charge is 0.352 e. The molecule has 1 N–H and O–H groups in total. The van der Waals surface area contributed by atoms with E-state index in [0.29, 0.717) is 12.3 Å². The van der Waals surface area contributed by atoms with Crippen molar-refractivity contribution in [1.29, 1.82) is 0 Å². The zero-order chi connectivity index (χ0) is 12.0. The third-order valence-corrected chi connectivity index (χ3v) is 3.53. The number of thioether (sulfide) groups is 1. The number of hydrogen-bond acceptors (Lipinski definition) is 4. The highest BCUT2D eigenvalue weighted by Crippen LogP contribution is 2.14. The summed E-state index contributed by atoms with van der Waals surface area (Å²) in [6, 6.07) is 0. The molecule has 0 aliphatic rings. The van der Waals surface area contributed by atoms with Gasteiger partial charge >= 0.3 is 0 Å². The Hall–Kier alpha value is -0.810. The number of carbonyl (C=O) groups is 1. The average molecular weight is 256 g/mol. The molecule has 1 aromatic heterocycles. The van der Waals surface area contributed by atoms with Crippen LogP contribution in [0.3, 0.4) is 0 Å². The molecule has 16 heavy (non-hydrogen) atoms. The first-order valence-electron chi connectivity index (χ1n) is 4.97. The Bertz CT molecular complexity index is 374. The van der Waals surface area contributed by atoms with Crippen molar-refractivity contribution in [3.63, 3.8) is 0 Å². The molecule has 3 nitrogen and oxygen atoms in total. The summed E-state index contributed by atoms with van der Waals surface area (Å²) in [5.74, 6) is 1.33.